The van der Waals surface area contributed by atoms with Crippen molar-refractivity contribution < 1.29 is 4.79 Å². The van der Waals surface area contributed by atoms with Crippen molar-refractivity contribution in [2.45, 2.75) is 18.8 Å². The Hall–Kier alpha value is -3.16. The number of nitrogens with zero attached hydrogens (tertiary/aromatic N) is 7. The topological polar surface area (TPSA) is 89.7 Å². The molecular weight excluding hydrogens is 330 g/mol. The van der Waals surface area contributed by atoms with E-state index >= 15 is 0 Å². The van der Waals surface area contributed by atoms with Gasteiger partial charge in [0.1, 0.15) is 12.0 Å². The molecule has 0 saturated carbocycles. The van der Waals surface area contributed by atoms with Crippen molar-refractivity contribution >= 4 is 5.91 Å². The third-order valence-electron chi connectivity index (χ3n) is 4.74. The quantitative estimate of drug-likeness (QED) is 0.715. The molecule has 4 rings (SSSR count). The lowest BCUT2D eigenvalue weighted by Gasteiger charge is -2.31. The Morgan fingerprint density at radius 2 is 1.77 bits per heavy atom. The largest absolute Gasteiger partial charge is 0.339 e. The molecule has 0 N–H and O–H groups in total. The summed E-state index contributed by atoms with van der Waals surface area (Å²) in [5, 5.41) is 0. The predicted octanol–water partition coefficient (Wildman–Crippen LogP) is 1.69. The standard InChI is InChI=1S/C18H19N7O/c1-24-12-22-10-17(24)16-9-19-8-15(23-16)13-2-4-25(5-3-13)18(26)14-6-20-11-21-7-14/h6-13H,2-5H2,1H3. The van der Waals surface area contributed by atoms with E-state index in [1.807, 2.05) is 22.7 Å². The van der Waals surface area contributed by atoms with Crippen LogP contribution in [0.3, 0.4) is 0 Å². The number of piperidine rings is 1. The number of hydrogen-bond acceptors (Lipinski definition) is 6. The lowest BCUT2D eigenvalue weighted by atomic mass is 9.93. The van der Waals surface area contributed by atoms with E-state index in [2.05, 4.69) is 19.9 Å². The van der Waals surface area contributed by atoms with Gasteiger partial charge in [0.25, 0.3) is 5.91 Å². The number of carbonyl (C=O) groups excluding carboxylic acids is 1. The molecule has 4 heterocycles. The van der Waals surface area contributed by atoms with Gasteiger partial charge in [-0.2, -0.15) is 0 Å². The second-order valence-corrected chi connectivity index (χ2v) is 6.41. The normalized spacial score (nSPS) is 15.2. The van der Waals surface area contributed by atoms with Crippen molar-refractivity contribution in [3.8, 4) is 11.4 Å². The number of rotatable bonds is 3. The molecule has 0 unspecified atom stereocenters. The van der Waals surface area contributed by atoms with E-state index in [1.54, 1.807) is 31.1 Å². The van der Waals surface area contributed by atoms with Gasteiger partial charge in [0, 0.05) is 44.6 Å². The van der Waals surface area contributed by atoms with Crippen LogP contribution < -0.4 is 0 Å². The van der Waals surface area contributed by atoms with Gasteiger partial charge in [-0.25, -0.2) is 19.9 Å². The maximum atomic E-state index is 12.5. The highest BCUT2D eigenvalue weighted by Gasteiger charge is 2.26. The average Bonchev–Trinajstić information content (AvgIpc) is 3.14. The highest BCUT2D eigenvalue weighted by molar-refractivity contribution is 5.93. The minimum atomic E-state index is -0.0150. The van der Waals surface area contributed by atoms with E-state index in [4.69, 9.17) is 4.98 Å². The summed E-state index contributed by atoms with van der Waals surface area (Å²) in [5.41, 5.74) is 3.27. The number of aryl methyl sites for hydroxylation is 1. The van der Waals surface area contributed by atoms with Gasteiger partial charge in [-0.15, -0.1) is 0 Å². The molecule has 1 aliphatic rings. The van der Waals surface area contributed by atoms with Crippen molar-refractivity contribution in [1.29, 1.82) is 0 Å². The number of amides is 1. The summed E-state index contributed by atoms with van der Waals surface area (Å²) in [6.07, 6.45) is 13.4. The molecule has 0 atom stereocenters. The van der Waals surface area contributed by atoms with Crippen LogP contribution in [-0.4, -0.2) is 53.4 Å². The van der Waals surface area contributed by atoms with Crippen LogP contribution >= 0.6 is 0 Å². The summed E-state index contributed by atoms with van der Waals surface area (Å²) in [5.74, 6) is 0.283. The zero-order chi connectivity index (χ0) is 17.9. The second kappa shape index (κ2) is 6.99. The fourth-order valence-corrected chi connectivity index (χ4v) is 3.28. The van der Waals surface area contributed by atoms with Crippen molar-refractivity contribution in [2.24, 2.45) is 7.05 Å². The molecule has 26 heavy (non-hydrogen) atoms. The van der Waals surface area contributed by atoms with Gasteiger partial charge >= 0.3 is 0 Å². The monoisotopic (exact) mass is 349 g/mol. The minimum Gasteiger partial charge on any atom is -0.339 e. The molecule has 8 nitrogen and oxygen atoms in total. The van der Waals surface area contributed by atoms with Gasteiger partial charge in [-0.3, -0.25) is 9.78 Å². The van der Waals surface area contributed by atoms with Crippen molar-refractivity contribution in [3.63, 3.8) is 0 Å². The SMILES string of the molecule is Cn1cncc1-c1cncc(C2CCN(C(=O)c3cncnc3)CC2)n1. The molecule has 3 aromatic heterocycles. The maximum Gasteiger partial charge on any atom is 0.256 e. The fraction of sp³-hybridized carbons (Fsp3) is 0.333. The minimum absolute atomic E-state index is 0.0150. The molecule has 0 bridgehead atoms. The van der Waals surface area contributed by atoms with Crippen LogP contribution in [0.25, 0.3) is 11.4 Å². The summed E-state index contributed by atoms with van der Waals surface area (Å²) >= 11 is 0. The highest BCUT2D eigenvalue weighted by atomic mass is 16.2. The molecule has 1 aliphatic heterocycles. The molecule has 1 fully saturated rings. The Balaban J connectivity index is 1.45. The molecule has 8 heteroatoms. The van der Waals surface area contributed by atoms with Crippen LogP contribution in [0.5, 0.6) is 0 Å². The highest BCUT2D eigenvalue weighted by Crippen LogP contribution is 2.28. The fourth-order valence-electron chi connectivity index (χ4n) is 3.28. The number of imidazole rings is 1. The van der Waals surface area contributed by atoms with Gasteiger partial charge in [-0.05, 0) is 12.8 Å². The molecule has 0 radical (unpaired) electrons. The molecule has 1 amide bonds. The van der Waals surface area contributed by atoms with Gasteiger partial charge < -0.3 is 9.47 Å². The van der Waals surface area contributed by atoms with E-state index in [-0.39, 0.29) is 5.91 Å². The Labute approximate surface area is 151 Å². The Kier molecular flexibility index (Phi) is 4.39. The van der Waals surface area contributed by atoms with E-state index in [9.17, 15) is 4.79 Å². The first-order valence-electron chi connectivity index (χ1n) is 8.55. The number of hydrogen-bond donors (Lipinski definition) is 0. The first-order valence-corrected chi connectivity index (χ1v) is 8.55. The molecular formula is C18H19N7O. The molecule has 132 valence electrons. The van der Waals surface area contributed by atoms with Gasteiger partial charge in [0.05, 0.1) is 35.7 Å². The first-order chi connectivity index (χ1) is 12.7. The molecule has 0 aromatic carbocycles. The zero-order valence-corrected chi connectivity index (χ0v) is 14.5. The van der Waals surface area contributed by atoms with Crippen LogP contribution in [0.4, 0.5) is 0 Å². The zero-order valence-electron chi connectivity index (χ0n) is 14.5. The summed E-state index contributed by atoms with van der Waals surface area (Å²) < 4.78 is 1.93. The second-order valence-electron chi connectivity index (χ2n) is 6.41. The number of likely N-dealkylation sites (tertiary alicyclic amines) is 1. The van der Waals surface area contributed by atoms with Crippen LogP contribution in [-0.2, 0) is 7.05 Å². The molecule has 3 aromatic rings. The van der Waals surface area contributed by atoms with E-state index in [1.165, 1.54) is 6.33 Å². The average molecular weight is 349 g/mol. The van der Waals surface area contributed by atoms with E-state index in [0.29, 0.717) is 24.6 Å². The predicted molar refractivity (Wildman–Crippen MR) is 94.1 cm³/mol. The van der Waals surface area contributed by atoms with Crippen LogP contribution in [0.15, 0.2) is 43.6 Å². The third kappa shape index (κ3) is 3.17. The molecule has 1 saturated heterocycles. The summed E-state index contributed by atoms with van der Waals surface area (Å²) in [4.78, 5) is 35.5. The first kappa shape index (κ1) is 16.3. The summed E-state index contributed by atoms with van der Waals surface area (Å²) in [6.45, 7) is 1.38. The summed E-state index contributed by atoms with van der Waals surface area (Å²) in [7, 11) is 1.94. The third-order valence-corrected chi connectivity index (χ3v) is 4.74. The van der Waals surface area contributed by atoms with Gasteiger partial charge in [-0.1, -0.05) is 0 Å². The van der Waals surface area contributed by atoms with Crippen molar-refractivity contribution in [1.82, 2.24) is 34.4 Å². The van der Waals surface area contributed by atoms with Crippen LogP contribution in [0.2, 0.25) is 0 Å². The lowest BCUT2D eigenvalue weighted by Crippen LogP contribution is -2.38. The van der Waals surface area contributed by atoms with Crippen LogP contribution in [0.1, 0.15) is 34.8 Å². The number of aromatic nitrogens is 6. The van der Waals surface area contributed by atoms with Crippen molar-refractivity contribution in [2.75, 3.05) is 13.1 Å². The Morgan fingerprint density at radius 1 is 1.00 bits per heavy atom. The number of carbonyl (C=O) groups is 1. The molecule has 0 aliphatic carbocycles. The van der Waals surface area contributed by atoms with Gasteiger partial charge in [0.15, 0.2) is 0 Å². The van der Waals surface area contributed by atoms with Gasteiger partial charge in [0.2, 0.25) is 0 Å². The van der Waals surface area contributed by atoms with E-state index in [0.717, 1.165) is 29.9 Å². The molecule has 0 spiro atoms. The maximum absolute atomic E-state index is 12.5. The Bertz CT molecular complexity index is 901. The Morgan fingerprint density at radius 3 is 2.46 bits per heavy atom. The van der Waals surface area contributed by atoms with Crippen LogP contribution in [0, 0.1) is 0 Å². The van der Waals surface area contributed by atoms with E-state index < -0.39 is 0 Å². The smallest absolute Gasteiger partial charge is 0.256 e. The summed E-state index contributed by atoms with van der Waals surface area (Å²) in [6, 6.07) is 0. The van der Waals surface area contributed by atoms with Crippen molar-refractivity contribution in [3.05, 3.63) is 54.9 Å². The lowest BCUT2D eigenvalue weighted by molar-refractivity contribution is 0.0711.